The lowest BCUT2D eigenvalue weighted by molar-refractivity contribution is -0.120. The third-order valence-corrected chi connectivity index (χ3v) is 3.86. The number of nitriles is 1. The largest absolute Gasteiger partial charge is 0.354 e. The quantitative estimate of drug-likeness (QED) is 0.891. The first-order valence-electron chi connectivity index (χ1n) is 6.81. The predicted octanol–water partition coefficient (Wildman–Crippen LogP) is 2.55. The lowest BCUT2D eigenvalue weighted by Crippen LogP contribution is -2.29. The number of rotatable bonds is 6. The molecule has 1 atom stereocenters. The maximum Gasteiger partial charge on any atom is 0.226 e. The van der Waals surface area contributed by atoms with Crippen molar-refractivity contribution in [2.75, 3.05) is 6.54 Å². The van der Waals surface area contributed by atoms with Gasteiger partial charge in [0.1, 0.15) is 0 Å². The zero-order chi connectivity index (χ0) is 15.1. The molecule has 0 radical (unpaired) electrons. The molecule has 1 aromatic heterocycles. The highest BCUT2D eigenvalue weighted by Gasteiger charge is 2.09. The molecule has 0 fully saturated rings. The Kier molecular flexibility index (Phi) is 5.47. The third-order valence-electron chi connectivity index (χ3n) is 2.96. The van der Waals surface area contributed by atoms with Crippen LogP contribution in [0.5, 0.6) is 0 Å². The summed E-state index contributed by atoms with van der Waals surface area (Å²) in [5.74, 6) is -0.258. The highest BCUT2D eigenvalue weighted by molar-refractivity contribution is 7.09. The Morgan fingerprint density at radius 1 is 1.43 bits per heavy atom. The summed E-state index contributed by atoms with van der Waals surface area (Å²) < 4.78 is 0. The Morgan fingerprint density at radius 2 is 2.19 bits per heavy atom. The van der Waals surface area contributed by atoms with E-state index in [4.69, 9.17) is 5.26 Å². The van der Waals surface area contributed by atoms with Crippen molar-refractivity contribution in [1.29, 1.82) is 5.26 Å². The predicted molar refractivity (Wildman–Crippen MR) is 82.9 cm³/mol. The van der Waals surface area contributed by atoms with Crippen LogP contribution in [-0.4, -0.2) is 17.4 Å². The van der Waals surface area contributed by atoms with Crippen LogP contribution in [0.2, 0.25) is 0 Å². The fourth-order valence-corrected chi connectivity index (χ4v) is 2.65. The summed E-state index contributed by atoms with van der Waals surface area (Å²) in [6, 6.07) is 12.2. The molecule has 5 heteroatoms. The lowest BCUT2D eigenvalue weighted by Gasteiger charge is -2.04. The molecule has 0 saturated carbocycles. The molecule has 0 bridgehead atoms. The molecule has 1 unspecified atom stereocenters. The number of hydrogen-bond acceptors (Lipinski definition) is 4. The van der Waals surface area contributed by atoms with Gasteiger partial charge in [-0.2, -0.15) is 5.26 Å². The highest BCUT2D eigenvalue weighted by atomic mass is 32.1. The van der Waals surface area contributed by atoms with Crippen molar-refractivity contribution >= 4 is 17.2 Å². The van der Waals surface area contributed by atoms with Gasteiger partial charge in [-0.25, -0.2) is 4.98 Å². The van der Waals surface area contributed by atoms with Crippen LogP contribution in [0.25, 0.3) is 0 Å². The zero-order valence-corrected chi connectivity index (χ0v) is 12.7. The summed E-state index contributed by atoms with van der Waals surface area (Å²) >= 11 is 1.57. The second kappa shape index (κ2) is 7.55. The normalized spacial score (nSPS) is 11.6. The minimum absolute atomic E-state index is 0.0892. The van der Waals surface area contributed by atoms with Gasteiger partial charge in [0, 0.05) is 18.3 Å². The molecule has 108 valence electrons. The molecule has 0 saturated heterocycles. The summed E-state index contributed by atoms with van der Waals surface area (Å²) in [6.45, 7) is 2.16. The maximum absolute atomic E-state index is 11.7. The molecule has 0 aliphatic carbocycles. The smallest absolute Gasteiger partial charge is 0.226 e. The van der Waals surface area contributed by atoms with Crippen LogP contribution < -0.4 is 5.32 Å². The van der Waals surface area contributed by atoms with Gasteiger partial charge in [0.15, 0.2) is 0 Å². The average molecular weight is 299 g/mol. The molecule has 1 amide bonds. The second-order valence-corrected chi connectivity index (χ2v) is 5.85. The van der Waals surface area contributed by atoms with Crippen molar-refractivity contribution in [3.8, 4) is 6.07 Å². The Bertz CT molecular complexity index is 630. The summed E-state index contributed by atoms with van der Waals surface area (Å²) in [7, 11) is 0. The van der Waals surface area contributed by atoms with Crippen LogP contribution in [0.4, 0.5) is 0 Å². The van der Waals surface area contributed by atoms with Crippen LogP contribution in [0.1, 0.15) is 23.2 Å². The number of thiazole rings is 1. The van der Waals surface area contributed by atoms with E-state index in [0.29, 0.717) is 6.54 Å². The Hall–Kier alpha value is -2.19. The molecule has 1 aromatic carbocycles. The van der Waals surface area contributed by atoms with Gasteiger partial charge in [0.05, 0.1) is 29.1 Å². The summed E-state index contributed by atoms with van der Waals surface area (Å²) in [5.41, 5.74) is 2.00. The third kappa shape index (κ3) is 5.01. The number of nitrogens with one attached hydrogen (secondary N) is 1. The van der Waals surface area contributed by atoms with Crippen LogP contribution in [0.15, 0.2) is 35.7 Å². The van der Waals surface area contributed by atoms with Gasteiger partial charge in [0.25, 0.3) is 0 Å². The minimum atomic E-state index is -0.168. The Labute approximate surface area is 128 Å². The molecule has 21 heavy (non-hydrogen) atoms. The first-order chi connectivity index (χ1) is 10.2. The van der Waals surface area contributed by atoms with Crippen LogP contribution in [-0.2, 0) is 17.6 Å². The molecule has 4 nitrogen and oxygen atoms in total. The number of carbonyl (C=O) groups excluding carboxylic acids is 1. The highest BCUT2D eigenvalue weighted by Crippen LogP contribution is 2.15. The first-order valence-corrected chi connectivity index (χ1v) is 7.69. The van der Waals surface area contributed by atoms with Crippen molar-refractivity contribution < 1.29 is 4.79 Å². The number of amides is 1. The van der Waals surface area contributed by atoms with E-state index < -0.39 is 0 Å². The standard InChI is InChI=1S/C16H17N3OS/c1-12(9-17)10-18-15(20)8-14-11-21-16(19-14)7-13-5-3-2-4-6-13/h2-6,11-12H,7-8,10H2,1H3,(H,18,20). The fourth-order valence-electron chi connectivity index (χ4n) is 1.82. The average Bonchev–Trinajstić information content (AvgIpc) is 2.92. The number of carbonyl (C=O) groups is 1. The van der Waals surface area contributed by atoms with Gasteiger partial charge < -0.3 is 5.32 Å². The fraction of sp³-hybridized carbons (Fsp3) is 0.312. The molecule has 1 heterocycles. The van der Waals surface area contributed by atoms with Crippen molar-refractivity contribution in [1.82, 2.24) is 10.3 Å². The van der Waals surface area contributed by atoms with E-state index in [1.54, 1.807) is 18.3 Å². The molecular weight excluding hydrogens is 282 g/mol. The number of nitrogens with zero attached hydrogens (tertiary/aromatic N) is 2. The SMILES string of the molecule is CC(C#N)CNC(=O)Cc1csc(Cc2ccccc2)n1. The van der Waals surface area contributed by atoms with Crippen molar-refractivity contribution in [3.63, 3.8) is 0 Å². The van der Waals surface area contributed by atoms with Crippen LogP contribution in [0.3, 0.4) is 0 Å². The summed E-state index contributed by atoms with van der Waals surface area (Å²) in [4.78, 5) is 16.2. The Morgan fingerprint density at radius 3 is 2.90 bits per heavy atom. The van der Waals surface area contributed by atoms with E-state index in [1.165, 1.54) is 5.56 Å². The molecule has 0 aliphatic heterocycles. The lowest BCUT2D eigenvalue weighted by atomic mass is 10.2. The van der Waals surface area contributed by atoms with Gasteiger partial charge in [-0.05, 0) is 12.5 Å². The van der Waals surface area contributed by atoms with E-state index in [2.05, 4.69) is 28.5 Å². The van der Waals surface area contributed by atoms with Gasteiger partial charge in [-0.1, -0.05) is 30.3 Å². The maximum atomic E-state index is 11.7. The van der Waals surface area contributed by atoms with Crippen molar-refractivity contribution in [2.45, 2.75) is 19.8 Å². The van der Waals surface area contributed by atoms with Crippen LogP contribution in [0, 0.1) is 17.2 Å². The molecule has 2 aromatic rings. The van der Waals surface area contributed by atoms with E-state index in [9.17, 15) is 4.79 Å². The van der Waals surface area contributed by atoms with E-state index in [0.717, 1.165) is 17.1 Å². The summed E-state index contributed by atoms with van der Waals surface area (Å²) in [6.07, 6.45) is 1.06. The molecule has 0 aliphatic rings. The minimum Gasteiger partial charge on any atom is -0.354 e. The summed E-state index contributed by atoms with van der Waals surface area (Å²) in [5, 5.41) is 14.3. The zero-order valence-electron chi connectivity index (χ0n) is 11.9. The molecule has 0 spiro atoms. The van der Waals surface area contributed by atoms with Gasteiger partial charge >= 0.3 is 0 Å². The first kappa shape index (κ1) is 15.2. The number of benzene rings is 1. The monoisotopic (exact) mass is 299 g/mol. The van der Waals surface area contributed by atoms with Gasteiger partial charge in [-0.3, -0.25) is 4.79 Å². The number of aromatic nitrogens is 1. The van der Waals surface area contributed by atoms with Crippen LogP contribution >= 0.6 is 11.3 Å². The van der Waals surface area contributed by atoms with Crippen molar-refractivity contribution in [2.24, 2.45) is 5.92 Å². The van der Waals surface area contributed by atoms with E-state index >= 15 is 0 Å². The van der Waals surface area contributed by atoms with Crippen molar-refractivity contribution in [3.05, 3.63) is 52.0 Å². The van der Waals surface area contributed by atoms with E-state index in [-0.39, 0.29) is 18.2 Å². The van der Waals surface area contributed by atoms with Gasteiger partial charge in [0.2, 0.25) is 5.91 Å². The second-order valence-electron chi connectivity index (χ2n) is 4.91. The molecule has 1 N–H and O–H groups in total. The molecular formula is C16H17N3OS. The van der Waals surface area contributed by atoms with Gasteiger partial charge in [-0.15, -0.1) is 11.3 Å². The Balaban J connectivity index is 1.86. The topological polar surface area (TPSA) is 65.8 Å². The molecule has 2 rings (SSSR count). The van der Waals surface area contributed by atoms with E-state index in [1.807, 2.05) is 23.6 Å². The number of hydrogen-bond donors (Lipinski definition) is 1.